The van der Waals surface area contributed by atoms with Crippen LogP contribution in [0.4, 0.5) is 0 Å². The Hall–Kier alpha value is -1.75. The van der Waals surface area contributed by atoms with E-state index in [1.807, 2.05) is 6.92 Å². The molecule has 0 heterocycles. The predicted molar refractivity (Wildman–Crippen MR) is 65.7 cm³/mol. The Balaban J connectivity index is 2.74. The fourth-order valence-electron chi connectivity index (χ4n) is 1.46. The maximum absolute atomic E-state index is 11.0. The number of carbonyl (C=O) groups excluding carboxylic acids is 1. The minimum Gasteiger partial charge on any atom is -0.490 e. The maximum Gasteiger partial charge on any atom is 0.308 e. The van der Waals surface area contributed by atoms with Crippen LogP contribution in [0.5, 0.6) is 11.5 Å². The summed E-state index contributed by atoms with van der Waals surface area (Å²) in [5.41, 5.74) is 0.630. The molecular formula is C13H18O5. The van der Waals surface area contributed by atoms with Crippen molar-refractivity contribution < 1.29 is 24.1 Å². The molecule has 1 rings (SSSR count). The SMILES string of the molecule is CCOc1cccc(CO)c1OCCC(=O)OC. The molecule has 0 radical (unpaired) electrons. The van der Waals surface area contributed by atoms with Gasteiger partial charge in [0.05, 0.1) is 33.4 Å². The first kappa shape index (κ1) is 14.3. The molecule has 0 fully saturated rings. The lowest BCUT2D eigenvalue weighted by atomic mass is 10.2. The van der Waals surface area contributed by atoms with E-state index in [9.17, 15) is 9.90 Å². The lowest BCUT2D eigenvalue weighted by Crippen LogP contribution is -2.09. The topological polar surface area (TPSA) is 65.0 Å². The normalized spacial score (nSPS) is 9.94. The molecule has 0 aliphatic heterocycles. The van der Waals surface area contributed by atoms with Crippen molar-refractivity contribution in [2.45, 2.75) is 20.0 Å². The second-order valence-electron chi connectivity index (χ2n) is 3.51. The van der Waals surface area contributed by atoms with Crippen molar-refractivity contribution >= 4 is 5.97 Å². The van der Waals surface area contributed by atoms with Crippen molar-refractivity contribution in [1.82, 2.24) is 0 Å². The number of aliphatic hydroxyl groups is 1. The third-order valence-electron chi connectivity index (χ3n) is 2.31. The van der Waals surface area contributed by atoms with Crippen LogP contribution < -0.4 is 9.47 Å². The summed E-state index contributed by atoms with van der Waals surface area (Å²) in [6.45, 7) is 2.41. The molecule has 1 N–H and O–H groups in total. The molecule has 0 aromatic heterocycles. The third kappa shape index (κ3) is 3.92. The molecule has 0 bridgehead atoms. The van der Waals surface area contributed by atoms with Gasteiger partial charge in [-0.2, -0.15) is 0 Å². The first-order valence-electron chi connectivity index (χ1n) is 5.78. The average Bonchev–Trinajstić information content (AvgIpc) is 2.40. The number of para-hydroxylation sites is 1. The molecule has 0 spiro atoms. The van der Waals surface area contributed by atoms with Gasteiger partial charge in [-0.1, -0.05) is 12.1 Å². The standard InChI is InChI=1S/C13H18O5/c1-3-17-11-6-4-5-10(9-14)13(11)18-8-7-12(15)16-2/h4-6,14H,3,7-9H2,1-2H3. The van der Waals surface area contributed by atoms with Crippen molar-refractivity contribution in [2.24, 2.45) is 0 Å². The van der Waals surface area contributed by atoms with E-state index in [1.54, 1.807) is 18.2 Å². The number of hydrogen-bond acceptors (Lipinski definition) is 5. The number of aliphatic hydroxyl groups excluding tert-OH is 1. The fourth-order valence-corrected chi connectivity index (χ4v) is 1.46. The molecule has 0 saturated carbocycles. The second kappa shape index (κ2) is 7.55. The van der Waals surface area contributed by atoms with Crippen LogP contribution in [-0.4, -0.2) is 31.4 Å². The molecule has 5 heteroatoms. The van der Waals surface area contributed by atoms with Crippen LogP contribution in [0, 0.1) is 0 Å². The minimum absolute atomic E-state index is 0.144. The summed E-state index contributed by atoms with van der Waals surface area (Å²) in [5, 5.41) is 9.24. The van der Waals surface area contributed by atoms with Gasteiger partial charge in [0, 0.05) is 5.56 Å². The summed E-state index contributed by atoms with van der Waals surface area (Å²) < 4.78 is 15.4. The van der Waals surface area contributed by atoms with Gasteiger partial charge < -0.3 is 19.3 Å². The Bertz CT molecular complexity index is 389. The molecule has 0 aliphatic rings. The van der Waals surface area contributed by atoms with Gasteiger partial charge in [0.1, 0.15) is 0 Å². The Labute approximate surface area is 106 Å². The predicted octanol–water partition coefficient (Wildman–Crippen LogP) is 1.52. The first-order valence-corrected chi connectivity index (χ1v) is 5.78. The Kier molecular flexibility index (Phi) is 6.00. The Morgan fingerprint density at radius 1 is 1.33 bits per heavy atom. The van der Waals surface area contributed by atoms with Gasteiger partial charge >= 0.3 is 5.97 Å². The van der Waals surface area contributed by atoms with Crippen LogP contribution in [0.2, 0.25) is 0 Å². The molecule has 100 valence electrons. The van der Waals surface area contributed by atoms with Crippen LogP contribution >= 0.6 is 0 Å². The van der Waals surface area contributed by atoms with Crippen LogP contribution in [-0.2, 0) is 16.1 Å². The van der Waals surface area contributed by atoms with Gasteiger partial charge in [-0.25, -0.2) is 0 Å². The molecule has 18 heavy (non-hydrogen) atoms. The van der Waals surface area contributed by atoms with Gasteiger partial charge in [-0.05, 0) is 13.0 Å². The lowest BCUT2D eigenvalue weighted by Gasteiger charge is -2.14. The monoisotopic (exact) mass is 254 g/mol. The highest BCUT2D eigenvalue weighted by Crippen LogP contribution is 2.31. The zero-order valence-corrected chi connectivity index (χ0v) is 10.6. The quantitative estimate of drug-likeness (QED) is 0.747. The minimum atomic E-state index is -0.338. The molecule has 1 aromatic carbocycles. The van der Waals surface area contributed by atoms with E-state index in [-0.39, 0.29) is 25.6 Å². The van der Waals surface area contributed by atoms with E-state index in [0.29, 0.717) is 23.7 Å². The van der Waals surface area contributed by atoms with Crippen LogP contribution in [0.3, 0.4) is 0 Å². The lowest BCUT2D eigenvalue weighted by molar-refractivity contribution is -0.141. The highest BCUT2D eigenvalue weighted by atomic mass is 16.5. The highest BCUT2D eigenvalue weighted by molar-refractivity contribution is 5.69. The van der Waals surface area contributed by atoms with Gasteiger partial charge in [-0.15, -0.1) is 0 Å². The second-order valence-corrected chi connectivity index (χ2v) is 3.51. The van der Waals surface area contributed by atoms with Crippen molar-refractivity contribution in [2.75, 3.05) is 20.3 Å². The molecular weight excluding hydrogens is 236 g/mol. The molecule has 0 aliphatic carbocycles. The number of carbonyl (C=O) groups is 1. The smallest absolute Gasteiger partial charge is 0.308 e. The summed E-state index contributed by atoms with van der Waals surface area (Å²) in [4.78, 5) is 11.0. The molecule has 0 saturated heterocycles. The molecule has 0 atom stereocenters. The van der Waals surface area contributed by atoms with Gasteiger partial charge in [0.25, 0.3) is 0 Å². The number of hydrogen-bond donors (Lipinski definition) is 1. The van der Waals surface area contributed by atoms with E-state index in [1.165, 1.54) is 7.11 Å². The van der Waals surface area contributed by atoms with Crippen molar-refractivity contribution in [1.29, 1.82) is 0 Å². The Morgan fingerprint density at radius 2 is 2.11 bits per heavy atom. The van der Waals surface area contributed by atoms with E-state index < -0.39 is 0 Å². The van der Waals surface area contributed by atoms with Gasteiger partial charge in [-0.3, -0.25) is 4.79 Å². The highest BCUT2D eigenvalue weighted by Gasteiger charge is 2.11. The number of esters is 1. The van der Waals surface area contributed by atoms with Crippen LogP contribution in [0.25, 0.3) is 0 Å². The van der Waals surface area contributed by atoms with E-state index in [2.05, 4.69) is 4.74 Å². The number of rotatable bonds is 7. The van der Waals surface area contributed by atoms with Crippen molar-refractivity contribution in [3.8, 4) is 11.5 Å². The fraction of sp³-hybridized carbons (Fsp3) is 0.462. The summed E-state index contributed by atoms with van der Waals surface area (Å²) in [6.07, 6.45) is 0.155. The number of ether oxygens (including phenoxy) is 3. The summed E-state index contributed by atoms with van der Waals surface area (Å²) in [5.74, 6) is 0.703. The first-order chi connectivity index (χ1) is 8.72. The summed E-state index contributed by atoms with van der Waals surface area (Å²) in [6, 6.07) is 5.29. The summed E-state index contributed by atoms with van der Waals surface area (Å²) in [7, 11) is 1.33. The molecule has 0 unspecified atom stereocenters. The van der Waals surface area contributed by atoms with Crippen LogP contribution in [0.15, 0.2) is 18.2 Å². The largest absolute Gasteiger partial charge is 0.490 e. The van der Waals surface area contributed by atoms with E-state index >= 15 is 0 Å². The molecule has 5 nitrogen and oxygen atoms in total. The Morgan fingerprint density at radius 3 is 2.72 bits per heavy atom. The maximum atomic E-state index is 11.0. The molecule has 0 amide bonds. The number of benzene rings is 1. The molecule has 1 aromatic rings. The van der Waals surface area contributed by atoms with Gasteiger partial charge in [0.2, 0.25) is 0 Å². The summed E-state index contributed by atoms with van der Waals surface area (Å²) >= 11 is 0. The van der Waals surface area contributed by atoms with Crippen molar-refractivity contribution in [3.63, 3.8) is 0 Å². The van der Waals surface area contributed by atoms with E-state index in [4.69, 9.17) is 9.47 Å². The third-order valence-corrected chi connectivity index (χ3v) is 2.31. The van der Waals surface area contributed by atoms with E-state index in [0.717, 1.165) is 0 Å². The zero-order chi connectivity index (χ0) is 13.4. The average molecular weight is 254 g/mol. The van der Waals surface area contributed by atoms with Crippen LogP contribution in [0.1, 0.15) is 18.9 Å². The zero-order valence-electron chi connectivity index (χ0n) is 10.6. The van der Waals surface area contributed by atoms with Gasteiger partial charge in [0.15, 0.2) is 11.5 Å². The number of methoxy groups -OCH3 is 1. The van der Waals surface area contributed by atoms with Crippen molar-refractivity contribution in [3.05, 3.63) is 23.8 Å².